The molecule has 1 fully saturated rings. The van der Waals surface area contributed by atoms with E-state index in [9.17, 15) is 10.2 Å². The molecule has 0 bridgehead atoms. The van der Waals surface area contributed by atoms with Gasteiger partial charge >= 0.3 is 0 Å². The Hall–Kier alpha value is -0.120. The minimum absolute atomic E-state index is 0.0844. The van der Waals surface area contributed by atoms with Gasteiger partial charge in [-0.1, -0.05) is 13.8 Å². The van der Waals surface area contributed by atoms with Gasteiger partial charge in [0.1, 0.15) is 0 Å². The van der Waals surface area contributed by atoms with Crippen LogP contribution < -0.4 is 0 Å². The van der Waals surface area contributed by atoms with Crippen molar-refractivity contribution in [3.63, 3.8) is 0 Å². The van der Waals surface area contributed by atoms with Gasteiger partial charge in [-0.3, -0.25) is 0 Å². The molecule has 1 rings (SSSR count). The molecule has 3 unspecified atom stereocenters. The first-order valence-electron chi connectivity index (χ1n) is 5.41. The molecule has 1 aliphatic heterocycles. The molecule has 1 heterocycles. The topological polar surface area (TPSA) is 49.7 Å². The van der Waals surface area contributed by atoms with E-state index < -0.39 is 5.60 Å². The van der Waals surface area contributed by atoms with Crippen LogP contribution in [0.2, 0.25) is 0 Å². The van der Waals surface area contributed by atoms with E-state index in [4.69, 9.17) is 4.74 Å². The highest BCUT2D eigenvalue weighted by Crippen LogP contribution is 2.29. The summed E-state index contributed by atoms with van der Waals surface area (Å²) in [6.07, 6.45) is 0.999. The fourth-order valence-corrected chi connectivity index (χ4v) is 1.75. The van der Waals surface area contributed by atoms with Gasteiger partial charge in [-0.15, -0.1) is 0 Å². The zero-order valence-corrected chi connectivity index (χ0v) is 9.36. The van der Waals surface area contributed by atoms with Gasteiger partial charge in [0, 0.05) is 12.5 Å². The second kappa shape index (κ2) is 4.60. The number of ether oxygens (including phenoxy) is 1. The molecule has 0 saturated carbocycles. The Bertz CT molecular complexity index is 177. The fraction of sp³-hybridized carbons (Fsp3) is 1.00. The van der Waals surface area contributed by atoms with Crippen molar-refractivity contribution in [2.24, 2.45) is 11.8 Å². The lowest BCUT2D eigenvalue weighted by molar-refractivity contribution is -0.0835. The molecule has 3 nitrogen and oxygen atoms in total. The molecule has 0 aromatic carbocycles. The molecular weight excluding hydrogens is 180 g/mol. The second-order valence-corrected chi connectivity index (χ2v) is 4.91. The third kappa shape index (κ3) is 2.94. The van der Waals surface area contributed by atoms with Crippen molar-refractivity contribution in [1.82, 2.24) is 0 Å². The average Bonchev–Trinajstić information content (AvgIpc) is 2.08. The van der Waals surface area contributed by atoms with Gasteiger partial charge in [-0.25, -0.2) is 0 Å². The maximum absolute atomic E-state index is 10.1. The van der Waals surface area contributed by atoms with Crippen LogP contribution in [0.15, 0.2) is 0 Å². The predicted molar refractivity (Wildman–Crippen MR) is 55.0 cm³/mol. The van der Waals surface area contributed by atoms with Crippen LogP contribution in [0.1, 0.15) is 33.6 Å². The van der Waals surface area contributed by atoms with Gasteiger partial charge in [0.05, 0.1) is 18.3 Å². The quantitative estimate of drug-likeness (QED) is 0.722. The van der Waals surface area contributed by atoms with E-state index in [2.05, 4.69) is 0 Å². The molecule has 1 saturated heterocycles. The molecule has 2 N–H and O–H groups in total. The van der Waals surface area contributed by atoms with Crippen LogP contribution in [-0.4, -0.2) is 35.1 Å². The van der Waals surface area contributed by atoms with Gasteiger partial charge in [0.2, 0.25) is 0 Å². The normalized spacial score (nSPS) is 33.0. The highest BCUT2D eigenvalue weighted by molar-refractivity contribution is 4.84. The lowest BCUT2D eigenvalue weighted by Crippen LogP contribution is -2.41. The van der Waals surface area contributed by atoms with Crippen molar-refractivity contribution in [2.75, 3.05) is 13.2 Å². The van der Waals surface area contributed by atoms with Crippen molar-refractivity contribution >= 4 is 0 Å². The first-order valence-corrected chi connectivity index (χ1v) is 5.41. The smallest absolute Gasteiger partial charge is 0.0647 e. The maximum Gasteiger partial charge on any atom is 0.0647 e. The van der Waals surface area contributed by atoms with Crippen LogP contribution in [0.3, 0.4) is 0 Å². The first-order chi connectivity index (χ1) is 6.43. The summed E-state index contributed by atoms with van der Waals surface area (Å²) in [6, 6.07) is 0. The lowest BCUT2D eigenvalue weighted by Gasteiger charge is -2.36. The third-order valence-corrected chi connectivity index (χ3v) is 3.35. The van der Waals surface area contributed by atoms with E-state index in [-0.39, 0.29) is 17.9 Å². The van der Waals surface area contributed by atoms with E-state index in [0.717, 1.165) is 0 Å². The summed E-state index contributed by atoms with van der Waals surface area (Å²) in [4.78, 5) is 0. The summed E-state index contributed by atoms with van der Waals surface area (Å²) in [6.45, 7) is 7.04. The van der Waals surface area contributed by atoms with E-state index in [1.807, 2.05) is 20.8 Å². The SMILES string of the molecule is CC(C)C(C)(O)CC1COCCC1O. The Morgan fingerprint density at radius 3 is 2.64 bits per heavy atom. The fourth-order valence-electron chi connectivity index (χ4n) is 1.75. The van der Waals surface area contributed by atoms with Gasteiger partial charge in [-0.05, 0) is 25.7 Å². The molecule has 3 atom stereocenters. The Labute approximate surface area is 86.1 Å². The summed E-state index contributed by atoms with van der Waals surface area (Å²) in [5, 5.41) is 19.8. The highest BCUT2D eigenvalue weighted by Gasteiger charge is 2.33. The number of rotatable bonds is 3. The average molecular weight is 202 g/mol. The van der Waals surface area contributed by atoms with Crippen LogP contribution in [-0.2, 0) is 4.74 Å². The van der Waals surface area contributed by atoms with E-state index in [1.165, 1.54) is 0 Å². The Morgan fingerprint density at radius 1 is 1.50 bits per heavy atom. The van der Waals surface area contributed by atoms with Gasteiger partial charge < -0.3 is 14.9 Å². The zero-order valence-electron chi connectivity index (χ0n) is 9.36. The second-order valence-electron chi connectivity index (χ2n) is 4.91. The standard InChI is InChI=1S/C11H22O3/c1-8(2)11(3,13)6-9-7-14-5-4-10(9)12/h8-10,12-13H,4-7H2,1-3H3. The van der Waals surface area contributed by atoms with Gasteiger partial charge in [0.25, 0.3) is 0 Å². The molecule has 0 aliphatic carbocycles. The van der Waals surface area contributed by atoms with Gasteiger partial charge in [-0.2, -0.15) is 0 Å². The van der Waals surface area contributed by atoms with E-state index in [0.29, 0.717) is 26.1 Å². The largest absolute Gasteiger partial charge is 0.393 e. The van der Waals surface area contributed by atoms with Crippen LogP contribution in [0.4, 0.5) is 0 Å². The Kier molecular flexibility index (Phi) is 3.93. The first kappa shape index (κ1) is 12.0. The van der Waals surface area contributed by atoms with Crippen LogP contribution >= 0.6 is 0 Å². The Balaban J connectivity index is 2.49. The van der Waals surface area contributed by atoms with Gasteiger partial charge in [0.15, 0.2) is 0 Å². The van der Waals surface area contributed by atoms with Crippen molar-refractivity contribution in [1.29, 1.82) is 0 Å². The van der Waals surface area contributed by atoms with Crippen LogP contribution in [0, 0.1) is 11.8 Å². The van der Waals surface area contributed by atoms with Crippen molar-refractivity contribution in [3.05, 3.63) is 0 Å². The highest BCUT2D eigenvalue weighted by atomic mass is 16.5. The number of hydrogen-bond acceptors (Lipinski definition) is 3. The minimum atomic E-state index is -0.702. The molecule has 1 aliphatic rings. The summed E-state index contributed by atoms with van der Waals surface area (Å²) in [7, 11) is 0. The molecule has 0 radical (unpaired) electrons. The van der Waals surface area contributed by atoms with Crippen molar-refractivity contribution in [3.8, 4) is 0 Å². The van der Waals surface area contributed by atoms with Crippen molar-refractivity contribution < 1.29 is 14.9 Å². The molecule has 84 valence electrons. The van der Waals surface area contributed by atoms with Crippen LogP contribution in [0.5, 0.6) is 0 Å². The summed E-state index contributed by atoms with van der Waals surface area (Å²) in [5.74, 6) is 0.290. The molecule has 0 aromatic heterocycles. The van der Waals surface area contributed by atoms with Crippen LogP contribution in [0.25, 0.3) is 0 Å². The maximum atomic E-state index is 10.1. The summed E-state index contributed by atoms with van der Waals surface area (Å²) < 4.78 is 5.31. The molecule has 3 heteroatoms. The molecule has 14 heavy (non-hydrogen) atoms. The number of hydrogen-bond donors (Lipinski definition) is 2. The third-order valence-electron chi connectivity index (χ3n) is 3.35. The zero-order chi connectivity index (χ0) is 10.8. The van der Waals surface area contributed by atoms with E-state index in [1.54, 1.807) is 0 Å². The summed E-state index contributed by atoms with van der Waals surface area (Å²) in [5.41, 5.74) is -0.702. The molecular formula is C11H22O3. The van der Waals surface area contributed by atoms with Crippen molar-refractivity contribution in [2.45, 2.75) is 45.3 Å². The molecule has 0 spiro atoms. The molecule has 0 amide bonds. The summed E-state index contributed by atoms with van der Waals surface area (Å²) >= 11 is 0. The number of aliphatic hydroxyl groups excluding tert-OH is 1. The number of aliphatic hydroxyl groups is 2. The molecule has 0 aromatic rings. The minimum Gasteiger partial charge on any atom is -0.393 e. The monoisotopic (exact) mass is 202 g/mol. The lowest BCUT2D eigenvalue weighted by atomic mass is 9.80. The van der Waals surface area contributed by atoms with E-state index >= 15 is 0 Å². The predicted octanol–water partition coefficient (Wildman–Crippen LogP) is 1.18. The Morgan fingerprint density at radius 2 is 2.14 bits per heavy atom.